The number of nitrogens with zero attached hydrogens (tertiary/aromatic N) is 1. The first-order valence-electron chi connectivity index (χ1n) is 6.96. The van der Waals surface area contributed by atoms with Crippen LogP contribution in [0.4, 0.5) is 0 Å². The van der Waals surface area contributed by atoms with E-state index in [-0.39, 0.29) is 18.3 Å². The molecule has 1 aromatic rings. The lowest BCUT2D eigenvalue weighted by Gasteiger charge is -2.32. The molecule has 1 aliphatic rings. The average Bonchev–Trinajstić information content (AvgIpc) is 2.56. The molecule has 0 saturated carbocycles. The van der Waals surface area contributed by atoms with Crippen LogP contribution in [0.1, 0.15) is 38.8 Å². The average molecular weight is 274 g/mol. The van der Waals surface area contributed by atoms with Crippen molar-refractivity contribution in [2.75, 3.05) is 7.05 Å². The lowest BCUT2D eigenvalue weighted by atomic mass is 9.89. The van der Waals surface area contributed by atoms with Gasteiger partial charge < -0.3 is 14.6 Å². The Labute approximate surface area is 121 Å². The van der Waals surface area contributed by atoms with Crippen molar-refractivity contribution in [2.45, 2.75) is 45.4 Å². The number of hydrogen-bond donors (Lipinski definition) is 1. The minimum absolute atomic E-state index is 0.297. The highest BCUT2D eigenvalue weighted by Crippen LogP contribution is 2.36. The predicted molar refractivity (Wildman–Crippen MR) is 82.1 cm³/mol. The van der Waals surface area contributed by atoms with E-state index in [4.69, 9.17) is 9.31 Å². The molecule has 2 heterocycles. The smallest absolute Gasteiger partial charge is 0.400 e. The van der Waals surface area contributed by atoms with Crippen molar-refractivity contribution in [1.29, 1.82) is 0 Å². The molecule has 1 aliphatic heterocycles. The van der Waals surface area contributed by atoms with Gasteiger partial charge in [0.15, 0.2) is 0 Å². The van der Waals surface area contributed by atoms with Crippen LogP contribution in [0.25, 0.3) is 6.08 Å². The summed E-state index contributed by atoms with van der Waals surface area (Å²) < 4.78 is 11.8. The molecule has 0 aromatic carbocycles. The molecule has 5 heteroatoms. The minimum atomic E-state index is -0.312. The Bertz CT molecular complexity index is 484. The summed E-state index contributed by atoms with van der Waals surface area (Å²) in [5, 5.41) is 3.12. The Kier molecular flexibility index (Phi) is 4.32. The van der Waals surface area contributed by atoms with Crippen LogP contribution in [0, 0.1) is 0 Å². The molecule has 1 N–H and O–H groups in total. The van der Waals surface area contributed by atoms with Gasteiger partial charge >= 0.3 is 7.12 Å². The molecular weight excluding hydrogens is 251 g/mol. The summed E-state index contributed by atoms with van der Waals surface area (Å²) in [5.74, 6) is 1.94. The van der Waals surface area contributed by atoms with Crippen molar-refractivity contribution in [3.63, 3.8) is 0 Å². The van der Waals surface area contributed by atoms with Crippen molar-refractivity contribution >= 4 is 13.2 Å². The first-order chi connectivity index (χ1) is 9.34. The van der Waals surface area contributed by atoms with Crippen molar-refractivity contribution in [2.24, 2.45) is 0 Å². The van der Waals surface area contributed by atoms with E-state index in [2.05, 4.69) is 44.1 Å². The molecule has 0 amide bonds. The van der Waals surface area contributed by atoms with Crippen LogP contribution >= 0.6 is 0 Å². The Morgan fingerprint density at radius 1 is 1.20 bits per heavy atom. The summed E-state index contributed by atoms with van der Waals surface area (Å²) in [5.41, 5.74) is 1.61. The number of nitrogens with one attached hydrogen (secondary N) is 1. The van der Waals surface area contributed by atoms with Crippen LogP contribution in [-0.4, -0.2) is 30.4 Å². The fourth-order valence-corrected chi connectivity index (χ4v) is 2.06. The maximum Gasteiger partial charge on any atom is 0.487 e. The summed E-state index contributed by atoms with van der Waals surface area (Å²) in [6.07, 6.45) is 5.69. The first kappa shape index (κ1) is 15.2. The predicted octanol–water partition coefficient (Wildman–Crippen LogP) is 2.45. The summed E-state index contributed by atoms with van der Waals surface area (Å²) in [7, 11) is 1.61. The number of pyridine rings is 1. The highest BCUT2D eigenvalue weighted by atomic mass is 16.7. The second-order valence-electron chi connectivity index (χ2n) is 6.14. The third-order valence-corrected chi connectivity index (χ3v) is 3.91. The SMILES string of the molecule is CNCc1cncc(/C=C/B2OC(C)(C)C(C)(C)O2)c1. The van der Waals surface area contributed by atoms with E-state index in [1.807, 2.05) is 31.5 Å². The van der Waals surface area contributed by atoms with Crippen molar-refractivity contribution in [1.82, 2.24) is 10.3 Å². The Morgan fingerprint density at radius 2 is 1.85 bits per heavy atom. The van der Waals surface area contributed by atoms with E-state index in [9.17, 15) is 0 Å². The van der Waals surface area contributed by atoms with E-state index in [0.717, 1.165) is 17.7 Å². The van der Waals surface area contributed by atoms with Crippen LogP contribution in [0.5, 0.6) is 0 Å². The standard InChI is InChI=1S/C15H23BN2O2/c1-14(2)15(3,4)20-16(19-14)7-6-12-8-13(9-17-5)11-18-10-12/h6-8,10-11,17H,9H2,1-5H3/b7-6+. The molecule has 2 rings (SSSR count). The van der Waals surface area contributed by atoms with Crippen LogP contribution in [-0.2, 0) is 15.9 Å². The third kappa shape index (κ3) is 3.29. The van der Waals surface area contributed by atoms with Gasteiger partial charge in [-0.2, -0.15) is 0 Å². The molecule has 0 unspecified atom stereocenters. The summed E-state index contributed by atoms with van der Waals surface area (Å²) in [6.45, 7) is 9.02. The number of rotatable bonds is 4. The fourth-order valence-electron chi connectivity index (χ4n) is 2.06. The highest BCUT2D eigenvalue weighted by molar-refractivity contribution is 6.52. The van der Waals surface area contributed by atoms with E-state index < -0.39 is 0 Å². The fraction of sp³-hybridized carbons (Fsp3) is 0.533. The Morgan fingerprint density at radius 3 is 2.45 bits per heavy atom. The topological polar surface area (TPSA) is 43.4 Å². The molecule has 4 nitrogen and oxygen atoms in total. The van der Waals surface area contributed by atoms with E-state index in [0.29, 0.717) is 0 Å². The molecule has 0 aliphatic carbocycles. The van der Waals surface area contributed by atoms with Gasteiger partial charge in [-0.1, -0.05) is 12.1 Å². The first-order valence-corrected chi connectivity index (χ1v) is 6.96. The van der Waals surface area contributed by atoms with Gasteiger partial charge in [-0.15, -0.1) is 0 Å². The summed E-state index contributed by atoms with van der Waals surface area (Å²) >= 11 is 0. The Hall–Kier alpha value is -1.17. The molecule has 0 radical (unpaired) electrons. The zero-order valence-corrected chi connectivity index (χ0v) is 12.9. The quantitative estimate of drug-likeness (QED) is 0.856. The van der Waals surface area contributed by atoms with Crippen molar-refractivity contribution in [3.05, 3.63) is 35.6 Å². The van der Waals surface area contributed by atoms with Gasteiger partial charge in [-0.25, -0.2) is 0 Å². The lowest BCUT2D eigenvalue weighted by Crippen LogP contribution is -2.41. The van der Waals surface area contributed by atoms with Crippen LogP contribution in [0.15, 0.2) is 24.4 Å². The zero-order chi connectivity index (χ0) is 14.8. The van der Waals surface area contributed by atoms with Gasteiger partial charge in [0.1, 0.15) is 0 Å². The zero-order valence-electron chi connectivity index (χ0n) is 12.9. The van der Waals surface area contributed by atoms with Gasteiger partial charge in [0, 0.05) is 18.9 Å². The van der Waals surface area contributed by atoms with Gasteiger partial charge in [0.05, 0.1) is 11.2 Å². The third-order valence-electron chi connectivity index (χ3n) is 3.91. The monoisotopic (exact) mass is 274 g/mol. The highest BCUT2D eigenvalue weighted by Gasteiger charge is 2.49. The van der Waals surface area contributed by atoms with Gasteiger partial charge in [0.25, 0.3) is 0 Å². The molecule has 0 bridgehead atoms. The lowest BCUT2D eigenvalue weighted by molar-refractivity contribution is 0.00578. The van der Waals surface area contributed by atoms with Gasteiger partial charge in [-0.05, 0) is 51.9 Å². The second kappa shape index (κ2) is 5.68. The molecule has 20 heavy (non-hydrogen) atoms. The maximum absolute atomic E-state index is 5.92. The normalized spacial score (nSPS) is 20.8. The van der Waals surface area contributed by atoms with E-state index in [1.165, 1.54) is 0 Å². The maximum atomic E-state index is 5.92. The molecule has 1 aromatic heterocycles. The van der Waals surface area contributed by atoms with Crippen LogP contribution in [0.2, 0.25) is 0 Å². The Balaban J connectivity index is 2.06. The molecule has 1 fully saturated rings. The van der Waals surface area contributed by atoms with Crippen molar-refractivity contribution in [3.8, 4) is 0 Å². The molecular formula is C15H23BN2O2. The second-order valence-corrected chi connectivity index (χ2v) is 6.14. The van der Waals surface area contributed by atoms with Gasteiger partial charge in [-0.3, -0.25) is 4.98 Å². The minimum Gasteiger partial charge on any atom is -0.400 e. The van der Waals surface area contributed by atoms with Gasteiger partial charge in [0.2, 0.25) is 0 Å². The van der Waals surface area contributed by atoms with E-state index >= 15 is 0 Å². The van der Waals surface area contributed by atoms with Crippen LogP contribution < -0.4 is 5.32 Å². The molecule has 1 saturated heterocycles. The summed E-state index contributed by atoms with van der Waals surface area (Å²) in [6, 6.07) is 2.10. The largest absolute Gasteiger partial charge is 0.487 e. The molecule has 108 valence electrons. The van der Waals surface area contributed by atoms with Crippen molar-refractivity contribution < 1.29 is 9.31 Å². The van der Waals surface area contributed by atoms with Crippen LogP contribution in [0.3, 0.4) is 0 Å². The van der Waals surface area contributed by atoms with E-state index in [1.54, 1.807) is 0 Å². The molecule has 0 atom stereocenters. The number of aromatic nitrogens is 1. The summed E-state index contributed by atoms with van der Waals surface area (Å²) in [4.78, 5) is 4.23. The number of hydrogen-bond acceptors (Lipinski definition) is 4. The molecule has 0 spiro atoms.